The van der Waals surface area contributed by atoms with Crippen LogP contribution in [0.1, 0.15) is 51.9 Å². The first kappa shape index (κ1) is 14.9. The normalized spacial score (nSPS) is 16.6. The minimum absolute atomic E-state index is 0.220. The van der Waals surface area contributed by atoms with Gasteiger partial charge in [-0.25, -0.2) is 0 Å². The Hall–Kier alpha value is -1.51. The zero-order valence-electron chi connectivity index (χ0n) is 12.5. The number of nitrogens with zero attached hydrogens (tertiary/aromatic N) is 1. The average molecular weight is 274 g/mol. The number of hydrogen-bond donors (Lipinski definition) is 1. The van der Waals surface area contributed by atoms with Crippen LogP contribution in [0.4, 0.5) is 11.4 Å². The van der Waals surface area contributed by atoms with E-state index in [9.17, 15) is 4.79 Å². The fourth-order valence-corrected chi connectivity index (χ4v) is 3.14. The van der Waals surface area contributed by atoms with Gasteiger partial charge in [0.1, 0.15) is 0 Å². The molecule has 0 heterocycles. The number of nitrogen functional groups attached to an aromatic ring is 1. The number of anilines is 2. The molecule has 1 aliphatic rings. The molecule has 20 heavy (non-hydrogen) atoms. The Labute approximate surface area is 122 Å². The van der Waals surface area contributed by atoms with E-state index in [0.717, 1.165) is 5.69 Å². The highest BCUT2D eigenvalue weighted by Crippen LogP contribution is 2.28. The number of rotatable bonds is 4. The maximum atomic E-state index is 12.6. The van der Waals surface area contributed by atoms with Crippen LogP contribution in [0.15, 0.2) is 24.3 Å². The first-order valence-electron chi connectivity index (χ1n) is 7.87. The molecule has 0 aromatic heterocycles. The van der Waals surface area contributed by atoms with Crippen LogP contribution in [0.5, 0.6) is 0 Å². The minimum Gasteiger partial charge on any atom is -0.397 e. The van der Waals surface area contributed by atoms with Crippen molar-refractivity contribution in [3.05, 3.63) is 24.3 Å². The summed E-state index contributed by atoms with van der Waals surface area (Å²) in [5.74, 6) is 0.779. The lowest BCUT2D eigenvalue weighted by Crippen LogP contribution is -2.32. The van der Waals surface area contributed by atoms with Gasteiger partial charge in [-0.15, -0.1) is 0 Å². The highest BCUT2D eigenvalue weighted by atomic mass is 16.2. The molecule has 110 valence electrons. The first-order valence-corrected chi connectivity index (χ1v) is 7.87. The molecule has 1 amide bonds. The molecule has 1 aromatic carbocycles. The van der Waals surface area contributed by atoms with Gasteiger partial charge in [0.15, 0.2) is 0 Å². The standard InChI is InChI=1S/C17H26N2O/c1-2-19(16-12-8-7-11-15(16)18)17(20)13-14-9-5-3-4-6-10-14/h7-8,11-12,14H,2-6,9-10,13,18H2,1H3. The molecule has 1 fully saturated rings. The summed E-state index contributed by atoms with van der Waals surface area (Å²) >= 11 is 0. The average Bonchev–Trinajstić information content (AvgIpc) is 2.70. The summed E-state index contributed by atoms with van der Waals surface area (Å²) in [4.78, 5) is 14.4. The maximum absolute atomic E-state index is 12.6. The number of para-hydroxylation sites is 2. The van der Waals surface area contributed by atoms with E-state index in [-0.39, 0.29) is 5.91 Å². The Morgan fingerprint density at radius 2 is 1.85 bits per heavy atom. The predicted octanol–water partition coefficient (Wildman–Crippen LogP) is 3.98. The van der Waals surface area contributed by atoms with E-state index in [4.69, 9.17) is 5.73 Å². The van der Waals surface area contributed by atoms with Gasteiger partial charge in [-0.3, -0.25) is 4.79 Å². The molecule has 0 saturated heterocycles. The molecule has 3 heteroatoms. The number of hydrogen-bond acceptors (Lipinski definition) is 2. The third kappa shape index (κ3) is 3.75. The molecule has 0 spiro atoms. The topological polar surface area (TPSA) is 46.3 Å². The summed E-state index contributed by atoms with van der Waals surface area (Å²) in [7, 11) is 0. The second-order valence-corrected chi connectivity index (χ2v) is 5.76. The Morgan fingerprint density at radius 1 is 1.20 bits per heavy atom. The molecule has 1 aliphatic carbocycles. The summed E-state index contributed by atoms with van der Waals surface area (Å²) in [6.45, 7) is 2.69. The van der Waals surface area contributed by atoms with Crippen molar-refractivity contribution in [3.63, 3.8) is 0 Å². The summed E-state index contributed by atoms with van der Waals surface area (Å²) in [6, 6.07) is 7.64. The van der Waals surface area contributed by atoms with Crippen LogP contribution in [0.25, 0.3) is 0 Å². The Bertz CT molecular complexity index is 436. The number of carbonyl (C=O) groups excluding carboxylic acids is 1. The highest BCUT2D eigenvalue weighted by molar-refractivity contribution is 5.96. The Balaban J connectivity index is 2.03. The van der Waals surface area contributed by atoms with Gasteiger partial charge in [0.2, 0.25) is 5.91 Å². The SMILES string of the molecule is CCN(C(=O)CC1CCCCCC1)c1ccccc1N. The van der Waals surface area contributed by atoms with Gasteiger partial charge in [-0.05, 0) is 37.8 Å². The number of nitrogens with two attached hydrogens (primary N) is 1. The van der Waals surface area contributed by atoms with Crippen LogP contribution < -0.4 is 10.6 Å². The number of amides is 1. The van der Waals surface area contributed by atoms with Crippen molar-refractivity contribution in [2.75, 3.05) is 17.2 Å². The fourth-order valence-electron chi connectivity index (χ4n) is 3.14. The molecule has 2 rings (SSSR count). The van der Waals surface area contributed by atoms with Crippen molar-refractivity contribution in [2.24, 2.45) is 5.92 Å². The summed E-state index contributed by atoms with van der Waals surface area (Å²) < 4.78 is 0. The first-order chi connectivity index (χ1) is 9.72. The van der Waals surface area contributed by atoms with Gasteiger partial charge in [0, 0.05) is 13.0 Å². The van der Waals surface area contributed by atoms with Gasteiger partial charge in [0.25, 0.3) is 0 Å². The van der Waals surface area contributed by atoms with Gasteiger partial charge < -0.3 is 10.6 Å². The van der Waals surface area contributed by atoms with Crippen molar-refractivity contribution >= 4 is 17.3 Å². The van der Waals surface area contributed by atoms with E-state index >= 15 is 0 Å². The quantitative estimate of drug-likeness (QED) is 0.666. The third-order valence-electron chi connectivity index (χ3n) is 4.28. The smallest absolute Gasteiger partial charge is 0.227 e. The molecule has 1 aromatic rings. The van der Waals surface area contributed by atoms with Crippen molar-refractivity contribution in [1.82, 2.24) is 0 Å². The molecule has 1 saturated carbocycles. The lowest BCUT2D eigenvalue weighted by Gasteiger charge is -2.25. The summed E-state index contributed by atoms with van der Waals surface area (Å²) in [6.07, 6.45) is 8.28. The molecule has 2 N–H and O–H groups in total. The van der Waals surface area contributed by atoms with E-state index in [1.54, 1.807) is 0 Å². The van der Waals surface area contributed by atoms with E-state index in [2.05, 4.69) is 0 Å². The maximum Gasteiger partial charge on any atom is 0.227 e. The zero-order valence-corrected chi connectivity index (χ0v) is 12.5. The zero-order chi connectivity index (χ0) is 14.4. The molecule has 0 unspecified atom stereocenters. The molecule has 0 aliphatic heterocycles. The molecular weight excluding hydrogens is 248 g/mol. The third-order valence-corrected chi connectivity index (χ3v) is 4.28. The van der Waals surface area contributed by atoms with Crippen molar-refractivity contribution in [1.29, 1.82) is 0 Å². The molecular formula is C17H26N2O. The monoisotopic (exact) mass is 274 g/mol. The van der Waals surface area contributed by atoms with Gasteiger partial charge in [0.05, 0.1) is 11.4 Å². The summed E-state index contributed by atoms with van der Waals surface area (Å²) in [5, 5.41) is 0. The van der Waals surface area contributed by atoms with Gasteiger partial charge in [-0.2, -0.15) is 0 Å². The lowest BCUT2D eigenvalue weighted by molar-refractivity contribution is -0.119. The van der Waals surface area contributed by atoms with Crippen LogP contribution in [0.3, 0.4) is 0 Å². The molecule has 0 atom stereocenters. The van der Waals surface area contributed by atoms with Crippen LogP contribution in [0.2, 0.25) is 0 Å². The molecule has 3 nitrogen and oxygen atoms in total. The van der Waals surface area contributed by atoms with Crippen LogP contribution in [-0.2, 0) is 4.79 Å². The van der Waals surface area contributed by atoms with Crippen LogP contribution >= 0.6 is 0 Å². The van der Waals surface area contributed by atoms with Crippen molar-refractivity contribution < 1.29 is 4.79 Å². The number of benzene rings is 1. The second-order valence-electron chi connectivity index (χ2n) is 5.76. The van der Waals surface area contributed by atoms with E-state index in [0.29, 0.717) is 24.6 Å². The Morgan fingerprint density at radius 3 is 2.45 bits per heavy atom. The van der Waals surface area contributed by atoms with E-state index in [1.165, 1.54) is 38.5 Å². The minimum atomic E-state index is 0.220. The lowest BCUT2D eigenvalue weighted by atomic mass is 9.96. The largest absolute Gasteiger partial charge is 0.397 e. The van der Waals surface area contributed by atoms with Crippen molar-refractivity contribution in [3.8, 4) is 0 Å². The van der Waals surface area contributed by atoms with Crippen molar-refractivity contribution in [2.45, 2.75) is 51.9 Å². The fraction of sp³-hybridized carbons (Fsp3) is 0.588. The summed E-state index contributed by atoms with van der Waals surface area (Å²) in [5.41, 5.74) is 7.54. The van der Waals surface area contributed by atoms with Crippen LogP contribution in [0, 0.1) is 5.92 Å². The molecule has 0 bridgehead atoms. The Kier molecular flexibility index (Phi) is 5.45. The van der Waals surface area contributed by atoms with E-state index in [1.807, 2.05) is 36.1 Å². The van der Waals surface area contributed by atoms with Gasteiger partial charge >= 0.3 is 0 Å². The highest BCUT2D eigenvalue weighted by Gasteiger charge is 2.21. The second kappa shape index (κ2) is 7.32. The van der Waals surface area contributed by atoms with Crippen LogP contribution in [-0.4, -0.2) is 12.5 Å². The number of carbonyl (C=O) groups is 1. The van der Waals surface area contributed by atoms with Gasteiger partial charge in [-0.1, -0.05) is 37.8 Å². The predicted molar refractivity (Wildman–Crippen MR) is 84.7 cm³/mol. The van der Waals surface area contributed by atoms with E-state index < -0.39 is 0 Å². The molecule has 0 radical (unpaired) electrons.